The van der Waals surface area contributed by atoms with E-state index < -0.39 is 30.7 Å². The number of rotatable bonds is 0. The van der Waals surface area contributed by atoms with Gasteiger partial charge >= 0.3 is 0 Å². The van der Waals surface area contributed by atoms with Crippen LogP contribution in [0.4, 0.5) is 0 Å². The smallest absolute Gasteiger partial charge is 0.183 e. The number of aliphatic hydroxyl groups is 4. The van der Waals surface area contributed by atoms with Gasteiger partial charge in [0.15, 0.2) is 6.27 Å². The van der Waals surface area contributed by atoms with Gasteiger partial charge in [-0.1, -0.05) is 0 Å². The van der Waals surface area contributed by atoms with Crippen LogP contribution in [-0.4, -0.2) is 51.1 Å². The van der Waals surface area contributed by atoms with Gasteiger partial charge < -0.3 is 25.2 Å². The van der Waals surface area contributed by atoms with Crippen molar-refractivity contribution in [1.82, 2.24) is 0 Å². The molecule has 4 N–H and O–H groups in total. The molecule has 1 unspecified atom stereocenters. The summed E-state index contributed by atoms with van der Waals surface area (Å²) < 4.78 is 11.5. The molecule has 11 heavy (non-hydrogen) atoms. The summed E-state index contributed by atoms with van der Waals surface area (Å²) in [4.78, 5) is 0. The Kier molecular flexibility index (Phi) is 2.06. The second-order valence-corrected chi connectivity index (χ2v) is 2.59. The van der Waals surface area contributed by atoms with E-state index in [0.717, 1.165) is 0 Å². The zero-order valence-corrected chi connectivity index (χ0v) is 6.01. The van der Waals surface area contributed by atoms with Gasteiger partial charge in [-0.2, -0.15) is 0 Å². The molecule has 1 rings (SSSR count). The lowest BCUT2D eigenvalue weighted by molar-refractivity contribution is -0.277. The fourth-order valence-corrected chi connectivity index (χ4v) is 0.940. The van der Waals surface area contributed by atoms with Crippen LogP contribution in [-0.2, 0) is 4.74 Å². The third-order valence-electron chi connectivity index (χ3n) is 1.71. The first-order chi connectivity index (χ1) is 5.36. The zero-order valence-electron chi connectivity index (χ0n) is 7.01. The van der Waals surface area contributed by atoms with E-state index in [9.17, 15) is 0 Å². The lowest BCUT2D eigenvalue weighted by Crippen LogP contribution is -2.56. The van der Waals surface area contributed by atoms with Gasteiger partial charge in [-0.3, -0.25) is 0 Å². The fourth-order valence-electron chi connectivity index (χ4n) is 0.940. The second kappa shape index (κ2) is 3.04. The lowest BCUT2D eigenvalue weighted by atomic mass is 10.0. The normalized spacial score (nSPS) is 60.6. The molecule has 5 heteroatoms. The first-order valence-corrected chi connectivity index (χ1v) is 3.30. The monoisotopic (exact) mass is 165 g/mol. The maximum Gasteiger partial charge on any atom is 0.183 e. The van der Waals surface area contributed by atoms with E-state index in [1.807, 2.05) is 0 Å². The average molecular weight is 165 g/mol. The van der Waals surface area contributed by atoms with Gasteiger partial charge in [0.25, 0.3) is 0 Å². The van der Waals surface area contributed by atoms with E-state index in [1.54, 1.807) is 0 Å². The molecule has 0 radical (unpaired) electrons. The summed E-state index contributed by atoms with van der Waals surface area (Å²) in [6.45, 7) is 1.39. The Labute approximate surface area is 65.3 Å². The van der Waals surface area contributed by atoms with Crippen molar-refractivity contribution in [2.75, 3.05) is 0 Å². The van der Waals surface area contributed by atoms with Gasteiger partial charge in [-0.25, -0.2) is 0 Å². The standard InChI is InChI=1S/C6H12O5/c1-2-3(7)4(8)5(9)6(10)11-2/h2-10H,1H3/t2-,3+,4+,5-,6?/m0/s1/i6D. The van der Waals surface area contributed by atoms with Crippen molar-refractivity contribution >= 4 is 0 Å². The Balaban J connectivity index is 2.78. The van der Waals surface area contributed by atoms with E-state index in [2.05, 4.69) is 4.74 Å². The molecule has 0 bridgehead atoms. The highest BCUT2D eigenvalue weighted by atomic mass is 16.6. The van der Waals surface area contributed by atoms with Crippen molar-refractivity contribution < 1.29 is 26.5 Å². The molecule has 0 aliphatic carbocycles. The van der Waals surface area contributed by atoms with Crippen LogP contribution in [0.3, 0.4) is 0 Å². The van der Waals surface area contributed by atoms with Crippen molar-refractivity contribution in [2.24, 2.45) is 0 Å². The van der Waals surface area contributed by atoms with Crippen molar-refractivity contribution in [3.05, 3.63) is 0 Å². The predicted molar refractivity (Wildman–Crippen MR) is 34.6 cm³/mol. The SMILES string of the molecule is [2H]C1(O)O[C@@H](C)[C@@H](O)[C@@H](O)[C@@H]1O. The molecule has 0 aromatic carbocycles. The summed E-state index contributed by atoms with van der Waals surface area (Å²) >= 11 is 0. The first-order valence-electron chi connectivity index (χ1n) is 3.80. The number of ether oxygens (including phenoxy) is 1. The minimum Gasteiger partial charge on any atom is -0.388 e. The van der Waals surface area contributed by atoms with Crippen LogP contribution < -0.4 is 0 Å². The number of hydrogen-bond acceptors (Lipinski definition) is 5. The molecular weight excluding hydrogens is 152 g/mol. The highest BCUT2D eigenvalue weighted by molar-refractivity contribution is 4.86. The minimum absolute atomic E-state index is 0.883. The van der Waals surface area contributed by atoms with Crippen molar-refractivity contribution in [3.8, 4) is 0 Å². The van der Waals surface area contributed by atoms with E-state index in [4.69, 9.17) is 21.8 Å². The molecule has 1 aliphatic rings. The number of aliphatic hydroxyl groups excluding tert-OH is 3. The minimum atomic E-state index is -2.54. The van der Waals surface area contributed by atoms with Gasteiger partial charge in [0.05, 0.1) is 7.47 Å². The van der Waals surface area contributed by atoms with Crippen molar-refractivity contribution in [1.29, 1.82) is 0 Å². The number of hydrogen-bond donors (Lipinski definition) is 4. The van der Waals surface area contributed by atoms with Crippen LogP contribution in [0.1, 0.15) is 8.29 Å². The van der Waals surface area contributed by atoms with Crippen molar-refractivity contribution in [3.63, 3.8) is 0 Å². The third kappa shape index (κ3) is 1.52. The second-order valence-electron chi connectivity index (χ2n) is 2.59. The quantitative estimate of drug-likeness (QED) is 0.327. The van der Waals surface area contributed by atoms with Crippen LogP contribution in [0.2, 0.25) is 0 Å². The molecule has 0 saturated carbocycles. The van der Waals surface area contributed by atoms with E-state index in [-0.39, 0.29) is 0 Å². The summed E-state index contributed by atoms with van der Waals surface area (Å²) in [7, 11) is 0. The topological polar surface area (TPSA) is 90.2 Å². The molecule has 1 aliphatic heterocycles. The summed E-state index contributed by atoms with van der Waals surface area (Å²) in [6, 6.07) is 0. The molecule has 1 saturated heterocycles. The van der Waals surface area contributed by atoms with Crippen LogP contribution in [0.5, 0.6) is 0 Å². The Morgan fingerprint density at radius 2 is 1.64 bits per heavy atom. The van der Waals surface area contributed by atoms with Crippen molar-refractivity contribution in [2.45, 2.75) is 37.6 Å². The van der Waals surface area contributed by atoms with Gasteiger partial charge in [0, 0.05) is 0 Å². The summed E-state index contributed by atoms with van der Waals surface area (Å²) in [5.41, 5.74) is 0. The van der Waals surface area contributed by atoms with Gasteiger partial charge in [0.1, 0.15) is 18.3 Å². The molecule has 5 nitrogen and oxygen atoms in total. The Hall–Kier alpha value is -0.200. The van der Waals surface area contributed by atoms with Crippen LogP contribution in [0, 0.1) is 0 Å². The summed E-state index contributed by atoms with van der Waals surface area (Å²) in [6.07, 6.45) is -8.09. The van der Waals surface area contributed by atoms with Crippen LogP contribution >= 0.6 is 0 Å². The lowest BCUT2D eigenvalue weighted by Gasteiger charge is -2.36. The van der Waals surface area contributed by atoms with Crippen LogP contribution in [0.25, 0.3) is 0 Å². The first kappa shape index (κ1) is 7.45. The van der Waals surface area contributed by atoms with E-state index >= 15 is 0 Å². The fraction of sp³-hybridized carbons (Fsp3) is 1.00. The molecule has 1 heterocycles. The summed E-state index contributed by atoms with van der Waals surface area (Å²) in [5.74, 6) is 0. The molecular formula is C6H12O5. The highest BCUT2D eigenvalue weighted by Crippen LogP contribution is 2.18. The third-order valence-corrected chi connectivity index (χ3v) is 1.71. The molecule has 1 fully saturated rings. The van der Waals surface area contributed by atoms with Crippen LogP contribution in [0.15, 0.2) is 0 Å². The molecule has 0 aromatic rings. The largest absolute Gasteiger partial charge is 0.388 e. The predicted octanol–water partition coefficient (Wildman–Crippen LogP) is -2.19. The molecule has 0 aromatic heterocycles. The average Bonchev–Trinajstić information content (AvgIpc) is 1.97. The maximum atomic E-state index is 9.12. The molecule has 5 atom stereocenters. The van der Waals surface area contributed by atoms with Gasteiger partial charge in [-0.05, 0) is 6.92 Å². The van der Waals surface area contributed by atoms with E-state index in [1.165, 1.54) is 6.92 Å². The maximum absolute atomic E-state index is 9.12. The Morgan fingerprint density at radius 3 is 2.18 bits per heavy atom. The highest BCUT2D eigenvalue weighted by Gasteiger charge is 2.40. The molecule has 0 amide bonds. The van der Waals surface area contributed by atoms with Gasteiger partial charge in [-0.15, -0.1) is 0 Å². The Morgan fingerprint density at radius 1 is 1.09 bits per heavy atom. The molecule has 0 spiro atoms. The summed E-state index contributed by atoms with van der Waals surface area (Å²) in [5, 5.41) is 36.3. The van der Waals surface area contributed by atoms with Gasteiger partial charge in [0.2, 0.25) is 0 Å². The Bertz CT molecular complexity index is 173. The molecule has 66 valence electrons. The zero-order chi connectivity index (χ0) is 9.52. The van der Waals surface area contributed by atoms with E-state index in [0.29, 0.717) is 0 Å².